The molecule has 3 aliphatic carbocycles. The number of phenols is 1. The number of rotatable bonds is 5. The summed E-state index contributed by atoms with van der Waals surface area (Å²) in [6.07, 6.45) is 6.13. The molecular formula is C23H31Cl2NO3. The number of fused-ring (bicyclic) bond motifs is 5. The van der Waals surface area contributed by atoms with Gasteiger partial charge in [-0.3, -0.25) is 0 Å². The fourth-order valence-electron chi connectivity index (χ4n) is 6.41. The van der Waals surface area contributed by atoms with E-state index in [4.69, 9.17) is 27.9 Å². The van der Waals surface area contributed by atoms with Crippen molar-refractivity contribution >= 4 is 29.3 Å². The summed E-state index contributed by atoms with van der Waals surface area (Å²) in [5.74, 6) is 2.92. The number of nitrogens with zero attached hydrogens (tertiary/aromatic N) is 1. The highest BCUT2D eigenvalue weighted by molar-refractivity contribution is 6.18. The molecule has 0 spiro atoms. The molecule has 1 aromatic carbocycles. The molecule has 1 aromatic rings. The maximum atomic E-state index is 12.7. The Labute approximate surface area is 183 Å². The van der Waals surface area contributed by atoms with E-state index in [1.165, 1.54) is 11.1 Å². The summed E-state index contributed by atoms with van der Waals surface area (Å²) in [7, 11) is 0. The van der Waals surface area contributed by atoms with Crippen LogP contribution >= 0.6 is 23.2 Å². The minimum absolute atomic E-state index is 0.0321. The summed E-state index contributed by atoms with van der Waals surface area (Å²) >= 11 is 11.7. The summed E-state index contributed by atoms with van der Waals surface area (Å²) in [6, 6.07) is 5.91. The first kappa shape index (κ1) is 21.1. The van der Waals surface area contributed by atoms with Gasteiger partial charge in [-0.15, -0.1) is 23.2 Å². The van der Waals surface area contributed by atoms with Gasteiger partial charge in [-0.25, -0.2) is 4.79 Å². The molecule has 2 fully saturated rings. The van der Waals surface area contributed by atoms with Gasteiger partial charge >= 0.3 is 6.09 Å². The first-order valence-electron chi connectivity index (χ1n) is 10.9. The molecule has 4 nitrogen and oxygen atoms in total. The second kappa shape index (κ2) is 8.55. The predicted octanol–water partition coefficient (Wildman–Crippen LogP) is 5.53. The molecule has 2 saturated carbocycles. The van der Waals surface area contributed by atoms with Gasteiger partial charge in [-0.2, -0.15) is 0 Å². The maximum absolute atomic E-state index is 12.7. The third kappa shape index (κ3) is 3.83. The Bertz CT molecular complexity index is 752. The molecule has 0 unspecified atom stereocenters. The summed E-state index contributed by atoms with van der Waals surface area (Å²) < 4.78 is 6.05. The fraction of sp³-hybridized carbons (Fsp3) is 0.696. The highest BCUT2D eigenvalue weighted by Crippen LogP contribution is 2.61. The lowest BCUT2D eigenvalue weighted by Gasteiger charge is -2.50. The van der Waals surface area contributed by atoms with E-state index in [1.807, 2.05) is 12.1 Å². The second-order valence-corrected chi connectivity index (χ2v) is 9.91. The Morgan fingerprint density at radius 2 is 1.97 bits per heavy atom. The van der Waals surface area contributed by atoms with Crippen molar-refractivity contribution in [1.82, 2.24) is 4.90 Å². The van der Waals surface area contributed by atoms with Gasteiger partial charge in [0.1, 0.15) is 11.9 Å². The number of benzene rings is 1. The summed E-state index contributed by atoms with van der Waals surface area (Å²) in [4.78, 5) is 14.4. The molecule has 5 atom stereocenters. The predicted molar refractivity (Wildman–Crippen MR) is 116 cm³/mol. The molecule has 1 N–H and O–H groups in total. The number of phenolic OH excluding ortho intramolecular Hbond substituents is 1. The van der Waals surface area contributed by atoms with Crippen molar-refractivity contribution < 1.29 is 14.6 Å². The number of hydrogen-bond acceptors (Lipinski definition) is 3. The van der Waals surface area contributed by atoms with Gasteiger partial charge < -0.3 is 14.7 Å². The van der Waals surface area contributed by atoms with E-state index in [1.54, 1.807) is 4.90 Å². The van der Waals surface area contributed by atoms with Crippen LogP contribution in [0.25, 0.3) is 0 Å². The van der Waals surface area contributed by atoms with Crippen LogP contribution in [0, 0.1) is 17.3 Å². The third-order valence-corrected chi connectivity index (χ3v) is 8.17. The average molecular weight is 440 g/mol. The van der Waals surface area contributed by atoms with Gasteiger partial charge in [0.25, 0.3) is 0 Å². The molecule has 0 aliphatic heterocycles. The van der Waals surface area contributed by atoms with Gasteiger partial charge in [0.15, 0.2) is 0 Å². The van der Waals surface area contributed by atoms with E-state index in [0.717, 1.165) is 38.5 Å². The molecular weight excluding hydrogens is 409 g/mol. The van der Waals surface area contributed by atoms with Gasteiger partial charge in [0.05, 0.1) is 0 Å². The molecule has 6 heteroatoms. The zero-order valence-electron chi connectivity index (χ0n) is 17.1. The van der Waals surface area contributed by atoms with Crippen LogP contribution in [0.3, 0.4) is 0 Å². The van der Waals surface area contributed by atoms with Crippen molar-refractivity contribution in [2.45, 2.75) is 57.5 Å². The number of hydrogen-bond donors (Lipinski definition) is 1. The summed E-state index contributed by atoms with van der Waals surface area (Å²) in [6.45, 7) is 3.27. The molecule has 29 heavy (non-hydrogen) atoms. The minimum Gasteiger partial charge on any atom is -0.508 e. The molecule has 3 aliphatic rings. The molecule has 0 saturated heterocycles. The first-order valence-corrected chi connectivity index (χ1v) is 11.9. The Kier molecular flexibility index (Phi) is 6.22. The van der Waals surface area contributed by atoms with Crippen molar-refractivity contribution in [3.05, 3.63) is 29.3 Å². The molecule has 0 bridgehead atoms. The Balaban J connectivity index is 1.49. The van der Waals surface area contributed by atoms with Crippen LogP contribution in [0.15, 0.2) is 18.2 Å². The Morgan fingerprint density at radius 1 is 1.21 bits per heavy atom. The molecule has 0 radical (unpaired) electrons. The van der Waals surface area contributed by atoms with Gasteiger partial charge in [-0.05, 0) is 79.5 Å². The van der Waals surface area contributed by atoms with E-state index in [-0.39, 0.29) is 17.6 Å². The van der Waals surface area contributed by atoms with E-state index < -0.39 is 0 Å². The zero-order valence-corrected chi connectivity index (χ0v) is 18.6. The van der Waals surface area contributed by atoms with E-state index in [2.05, 4.69) is 13.0 Å². The third-order valence-electron chi connectivity index (χ3n) is 7.83. The van der Waals surface area contributed by atoms with Gasteiger partial charge in [0.2, 0.25) is 0 Å². The highest BCUT2D eigenvalue weighted by Gasteiger charge is 2.56. The molecule has 1 amide bonds. The van der Waals surface area contributed by atoms with E-state index in [9.17, 15) is 9.90 Å². The van der Waals surface area contributed by atoms with Crippen molar-refractivity contribution in [1.29, 1.82) is 0 Å². The van der Waals surface area contributed by atoms with Gasteiger partial charge in [0, 0.05) is 30.3 Å². The quantitative estimate of drug-likeness (QED) is 0.613. The zero-order chi connectivity index (χ0) is 20.6. The van der Waals surface area contributed by atoms with Crippen LogP contribution in [0.2, 0.25) is 0 Å². The first-order chi connectivity index (χ1) is 14.0. The second-order valence-electron chi connectivity index (χ2n) is 9.16. The van der Waals surface area contributed by atoms with Crippen LogP contribution < -0.4 is 0 Å². The average Bonchev–Trinajstić information content (AvgIpc) is 3.03. The van der Waals surface area contributed by atoms with Crippen molar-refractivity contribution in [3.8, 4) is 5.75 Å². The summed E-state index contributed by atoms with van der Waals surface area (Å²) in [5.41, 5.74) is 2.78. The minimum atomic E-state index is -0.273. The SMILES string of the molecule is C[C@]12CC[C@@H]3c4ccc(O)cc4CC[C@H]3[C@@H]1CC[C@@H]2OC(=O)N(CCCl)CCCl. The Morgan fingerprint density at radius 3 is 2.69 bits per heavy atom. The number of amides is 1. The lowest BCUT2D eigenvalue weighted by Crippen LogP contribution is -2.46. The molecule has 0 aromatic heterocycles. The number of halogens is 2. The van der Waals surface area contributed by atoms with Crippen LogP contribution in [-0.4, -0.2) is 47.1 Å². The van der Waals surface area contributed by atoms with Crippen molar-refractivity contribution in [2.75, 3.05) is 24.8 Å². The van der Waals surface area contributed by atoms with E-state index in [0.29, 0.717) is 48.4 Å². The normalized spacial score (nSPS) is 32.8. The van der Waals surface area contributed by atoms with Crippen molar-refractivity contribution in [2.24, 2.45) is 17.3 Å². The van der Waals surface area contributed by atoms with Crippen LogP contribution in [0.1, 0.15) is 56.1 Å². The van der Waals surface area contributed by atoms with Crippen LogP contribution in [0.4, 0.5) is 4.79 Å². The number of ether oxygens (including phenoxy) is 1. The Hall–Kier alpha value is -1.13. The molecule has 160 valence electrons. The molecule has 0 heterocycles. The fourth-order valence-corrected chi connectivity index (χ4v) is 6.82. The van der Waals surface area contributed by atoms with Crippen LogP contribution in [0.5, 0.6) is 5.75 Å². The van der Waals surface area contributed by atoms with E-state index >= 15 is 0 Å². The van der Waals surface area contributed by atoms with Crippen LogP contribution in [-0.2, 0) is 11.2 Å². The lowest BCUT2D eigenvalue weighted by molar-refractivity contribution is -0.0400. The number of carbonyl (C=O) groups is 1. The topological polar surface area (TPSA) is 49.8 Å². The van der Waals surface area contributed by atoms with Crippen molar-refractivity contribution in [3.63, 3.8) is 0 Å². The summed E-state index contributed by atoms with van der Waals surface area (Å²) in [5, 5.41) is 9.85. The lowest BCUT2D eigenvalue weighted by atomic mass is 9.55. The largest absolute Gasteiger partial charge is 0.508 e. The number of alkyl halides is 2. The maximum Gasteiger partial charge on any atom is 0.410 e. The number of aromatic hydroxyl groups is 1. The standard InChI is InChI=1S/C23H31Cl2NO3/c1-23-9-8-18-17-5-3-16(27)14-15(17)2-4-19(18)20(23)6-7-21(23)29-22(28)26(12-10-24)13-11-25/h3,5,14,18-21,27H,2,4,6-13H2,1H3/t18-,19-,20+,21+,23+/m1/s1. The smallest absolute Gasteiger partial charge is 0.410 e. The molecule has 4 rings (SSSR count). The van der Waals surface area contributed by atoms with Gasteiger partial charge in [-0.1, -0.05) is 13.0 Å². The highest BCUT2D eigenvalue weighted by atomic mass is 35.5. The number of aryl methyl sites for hydroxylation is 1. The monoisotopic (exact) mass is 439 g/mol. The number of carbonyl (C=O) groups excluding carboxylic acids is 1.